The normalized spacial score (nSPS) is 51.3. The Labute approximate surface area is 133 Å². The first-order valence-corrected chi connectivity index (χ1v) is 9.10. The number of hydrogen-bond acceptors (Lipinski definition) is 2. The van der Waals surface area contributed by atoms with Crippen LogP contribution in [0.15, 0.2) is 12.2 Å². The predicted molar refractivity (Wildman–Crippen MR) is 86.3 cm³/mol. The number of fused-ring (bicyclic) bond motifs is 5. The summed E-state index contributed by atoms with van der Waals surface area (Å²) in [6.45, 7) is 8.97. The maximum Gasteiger partial charge on any atom is 0.139 e. The standard InChI is InChI=1S/C20H28O2/c1-12-10-14(21)11-13-4-5-15-16-6-7-18(22)19(16,2)9-8-17(15)20(12,13)3/h13,15-17H,1,4-11H2,2-3H3/t13?,15-,16-,17+,19-,20-/m0/s1. The lowest BCUT2D eigenvalue weighted by atomic mass is 9.44. The molecule has 22 heavy (non-hydrogen) atoms. The first-order valence-electron chi connectivity index (χ1n) is 9.10. The Morgan fingerprint density at radius 1 is 1.05 bits per heavy atom. The van der Waals surface area contributed by atoms with E-state index in [-0.39, 0.29) is 10.8 Å². The van der Waals surface area contributed by atoms with Crippen LogP contribution in [-0.4, -0.2) is 11.6 Å². The Kier molecular flexibility index (Phi) is 3.03. The summed E-state index contributed by atoms with van der Waals surface area (Å²) in [5.41, 5.74) is 1.29. The van der Waals surface area contributed by atoms with E-state index in [9.17, 15) is 9.59 Å². The molecule has 4 fully saturated rings. The van der Waals surface area contributed by atoms with Crippen molar-refractivity contribution in [2.24, 2.45) is 34.5 Å². The molecule has 0 bridgehead atoms. The zero-order valence-corrected chi connectivity index (χ0v) is 14.0. The van der Waals surface area contributed by atoms with E-state index >= 15 is 0 Å². The maximum atomic E-state index is 12.4. The predicted octanol–water partition coefficient (Wildman–Crippen LogP) is 4.33. The number of hydrogen-bond donors (Lipinski definition) is 0. The molecule has 0 N–H and O–H groups in total. The van der Waals surface area contributed by atoms with Gasteiger partial charge in [0.25, 0.3) is 0 Å². The summed E-state index contributed by atoms with van der Waals surface area (Å²) in [4.78, 5) is 24.4. The highest BCUT2D eigenvalue weighted by atomic mass is 16.1. The fourth-order valence-electron chi connectivity index (χ4n) is 6.84. The van der Waals surface area contributed by atoms with Crippen molar-refractivity contribution in [2.45, 2.75) is 65.2 Å². The monoisotopic (exact) mass is 300 g/mol. The van der Waals surface area contributed by atoms with Crippen molar-refractivity contribution in [3.63, 3.8) is 0 Å². The maximum absolute atomic E-state index is 12.4. The van der Waals surface area contributed by atoms with Crippen LogP contribution in [0.25, 0.3) is 0 Å². The minimum absolute atomic E-state index is 0.0455. The Bertz CT molecular complexity index is 562. The molecule has 0 saturated heterocycles. The Hall–Kier alpha value is -0.920. The molecule has 120 valence electrons. The van der Waals surface area contributed by atoms with Crippen molar-refractivity contribution in [3.8, 4) is 0 Å². The highest BCUT2D eigenvalue weighted by molar-refractivity contribution is 5.87. The molecule has 6 atom stereocenters. The topological polar surface area (TPSA) is 34.1 Å². The van der Waals surface area contributed by atoms with Gasteiger partial charge >= 0.3 is 0 Å². The van der Waals surface area contributed by atoms with Crippen LogP contribution in [0.1, 0.15) is 65.2 Å². The average molecular weight is 300 g/mol. The van der Waals surface area contributed by atoms with E-state index in [4.69, 9.17) is 0 Å². The quantitative estimate of drug-likeness (QED) is 0.624. The van der Waals surface area contributed by atoms with E-state index in [1.54, 1.807) is 0 Å². The van der Waals surface area contributed by atoms with Crippen molar-refractivity contribution in [2.75, 3.05) is 0 Å². The highest BCUT2D eigenvalue weighted by Crippen LogP contribution is 2.66. The van der Waals surface area contributed by atoms with Gasteiger partial charge in [0.05, 0.1) is 0 Å². The van der Waals surface area contributed by atoms with Crippen molar-refractivity contribution < 1.29 is 9.59 Å². The molecule has 4 aliphatic carbocycles. The second kappa shape index (κ2) is 4.55. The second-order valence-electron chi connectivity index (χ2n) is 8.87. The molecule has 4 aliphatic rings. The molecule has 0 aliphatic heterocycles. The van der Waals surface area contributed by atoms with Gasteiger partial charge < -0.3 is 0 Å². The number of ketones is 2. The van der Waals surface area contributed by atoms with Crippen molar-refractivity contribution in [1.82, 2.24) is 0 Å². The molecule has 0 aromatic rings. The molecule has 0 heterocycles. The molecule has 0 radical (unpaired) electrons. The van der Waals surface area contributed by atoms with Crippen LogP contribution in [0, 0.1) is 34.5 Å². The van der Waals surface area contributed by atoms with Gasteiger partial charge in [0.1, 0.15) is 11.6 Å². The minimum atomic E-state index is -0.0455. The van der Waals surface area contributed by atoms with Crippen molar-refractivity contribution >= 4 is 11.6 Å². The summed E-state index contributed by atoms with van der Waals surface area (Å²) in [6, 6.07) is 0. The number of rotatable bonds is 0. The second-order valence-corrected chi connectivity index (χ2v) is 8.87. The summed E-state index contributed by atoms with van der Waals surface area (Å²) >= 11 is 0. The van der Waals surface area contributed by atoms with Gasteiger partial charge in [0.2, 0.25) is 0 Å². The average Bonchev–Trinajstić information content (AvgIpc) is 2.77. The third-order valence-electron chi connectivity index (χ3n) is 8.26. The summed E-state index contributed by atoms with van der Waals surface area (Å²) in [7, 11) is 0. The van der Waals surface area contributed by atoms with E-state index in [0.29, 0.717) is 41.7 Å². The van der Waals surface area contributed by atoms with E-state index in [1.807, 2.05) is 0 Å². The van der Waals surface area contributed by atoms with Gasteiger partial charge in [-0.2, -0.15) is 0 Å². The third-order valence-corrected chi connectivity index (χ3v) is 8.26. The third kappa shape index (κ3) is 1.67. The molecule has 0 amide bonds. The zero-order chi connectivity index (χ0) is 15.7. The molecule has 1 unspecified atom stereocenters. The van der Waals surface area contributed by atoms with Gasteiger partial charge in [-0.1, -0.05) is 26.0 Å². The molecule has 4 rings (SSSR count). The van der Waals surface area contributed by atoms with Crippen LogP contribution in [0.4, 0.5) is 0 Å². The summed E-state index contributed by atoms with van der Waals surface area (Å²) < 4.78 is 0. The lowest BCUT2D eigenvalue weighted by molar-refractivity contribution is -0.137. The minimum Gasteiger partial charge on any atom is -0.299 e. The lowest BCUT2D eigenvalue weighted by Gasteiger charge is -2.59. The highest BCUT2D eigenvalue weighted by Gasteiger charge is 2.60. The first kappa shape index (κ1) is 14.7. The van der Waals surface area contributed by atoms with E-state index in [2.05, 4.69) is 20.4 Å². The first-order chi connectivity index (χ1) is 10.4. The van der Waals surface area contributed by atoms with Crippen LogP contribution in [0.3, 0.4) is 0 Å². The summed E-state index contributed by atoms with van der Waals surface area (Å²) in [6.07, 6.45) is 7.84. The summed E-state index contributed by atoms with van der Waals surface area (Å²) in [5, 5.41) is 0. The molecule has 0 aromatic heterocycles. The Morgan fingerprint density at radius 2 is 1.82 bits per heavy atom. The van der Waals surface area contributed by atoms with Crippen molar-refractivity contribution in [3.05, 3.63) is 12.2 Å². The van der Waals surface area contributed by atoms with Crippen LogP contribution in [0.5, 0.6) is 0 Å². The van der Waals surface area contributed by atoms with Crippen LogP contribution in [0.2, 0.25) is 0 Å². The molecule has 4 saturated carbocycles. The van der Waals surface area contributed by atoms with Gasteiger partial charge in [-0.3, -0.25) is 9.59 Å². The fraction of sp³-hybridized carbons (Fsp3) is 0.800. The molecular weight excluding hydrogens is 272 g/mol. The van der Waals surface area contributed by atoms with Gasteiger partial charge in [-0.25, -0.2) is 0 Å². The van der Waals surface area contributed by atoms with Gasteiger partial charge in [-0.15, -0.1) is 0 Å². The van der Waals surface area contributed by atoms with Gasteiger partial charge in [-0.05, 0) is 61.2 Å². The van der Waals surface area contributed by atoms with Crippen LogP contribution in [-0.2, 0) is 9.59 Å². The van der Waals surface area contributed by atoms with Crippen molar-refractivity contribution in [1.29, 1.82) is 0 Å². The molecule has 2 nitrogen and oxygen atoms in total. The fourth-order valence-corrected chi connectivity index (χ4v) is 6.84. The summed E-state index contributed by atoms with van der Waals surface area (Å²) in [5.74, 6) is 3.32. The van der Waals surface area contributed by atoms with Crippen LogP contribution < -0.4 is 0 Å². The van der Waals surface area contributed by atoms with E-state index in [0.717, 1.165) is 38.5 Å². The van der Waals surface area contributed by atoms with Gasteiger partial charge in [0, 0.05) is 24.7 Å². The Balaban J connectivity index is 1.70. The lowest BCUT2D eigenvalue weighted by Crippen LogP contribution is -2.54. The smallest absolute Gasteiger partial charge is 0.139 e. The van der Waals surface area contributed by atoms with E-state index < -0.39 is 0 Å². The number of allylic oxidation sites excluding steroid dienone is 1. The van der Waals surface area contributed by atoms with E-state index in [1.165, 1.54) is 12.0 Å². The molecule has 2 heteroatoms. The van der Waals surface area contributed by atoms with Gasteiger partial charge in [0.15, 0.2) is 0 Å². The Morgan fingerprint density at radius 3 is 2.59 bits per heavy atom. The van der Waals surface area contributed by atoms with Crippen LogP contribution >= 0.6 is 0 Å². The molecule has 0 spiro atoms. The largest absolute Gasteiger partial charge is 0.299 e. The SMILES string of the molecule is C=C1CC(=O)CC2CC[C@@H]3[C@@H](CC[C@]4(C)C(=O)CC[C@@H]34)[C@@]12C. The molecular formula is C20H28O2. The number of carbonyl (C=O) groups is 2. The molecule has 0 aromatic carbocycles. The zero-order valence-electron chi connectivity index (χ0n) is 14.0. The number of carbonyl (C=O) groups excluding carboxylic acids is 2. The number of Topliss-reactive ketones (excluding diaryl/α,β-unsaturated/α-hetero) is 2.